The maximum absolute atomic E-state index is 13.1. The Morgan fingerprint density at radius 1 is 0.939 bits per heavy atom. The number of nitrogens with one attached hydrogen (secondary N) is 1. The maximum Gasteiger partial charge on any atom is 0.398 e. The summed E-state index contributed by atoms with van der Waals surface area (Å²) in [7, 11) is 0. The normalized spacial score (nSPS) is 14.9. The number of alkyl halides is 3. The molecule has 33 heavy (non-hydrogen) atoms. The summed E-state index contributed by atoms with van der Waals surface area (Å²) in [5, 5.41) is 4.69. The molecule has 3 aromatic carbocycles. The second kappa shape index (κ2) is 9.87. The fraction of sp³-hybridized carbons (Fsp3) is 0.280. The highest BCUT2D eigenvalue weighted by atomic mass is 32.2. The Morgan fingerprint density at radius 2 is 1.61 bits per heavy atom. The van der Waals surface area contributed by atoms with Gasteiger partial charge in [0, 0.05) is 29.5 Å². The van der Waals surface area contributed by atoms with Crippen LogP contribution in [0.3, 0.4) is 0 Å². The summed E-state index contributed by atoms with van der Waals surface area (Å²) in [4.78, 5) is 28.0. The first kappa shape index (κ1) is 23.2. The van der Waals surface area contributed by atoms with E-state index in [9.17, 15) is 22.8 Å². The number of carbonyl (C=O) groups is 2. The van der Waals surface area contributed by atoms with Gasteiger partial charge in [0.2, 0.25) is 5.91 Å². The number of halogens is 3. The Balaban J connectivity index is 1.37. The van der Waals surface area contributed by atoms with Crippen LogP contribution in [-0.4, -0.2) is 41.7 Å². The van der Waals surface area contributed by atoms with Gasteiger partial charge in [-0.1, -0.05) is 48.5 Å². The Morgan fingerprint density at radius 3 is 2.36 bits per heavy atom. The van der Waals surface area contributed by atoms with Crippen molar-refractivity contribution in [1.82, 2.24) is 4.90 Å². The van der Waals surface area contributed by atoms with Crippen LogP contribution < -0.4 is 5.32 Å². The Bertz CT molecular complexity index is 1150. The number of thioether (sulfide) groups is 1. The van der Waals surface area contributed by atoms with Gasteiger partial charge in [-0.25, -0.2) is 0 Å². The average Bonchev–Trinajstić information content (AvgIpc) is 2.82. The highest BCUT2D eigenvalue weighted by Crippen LogP contribution is 2.33. The predicted octanol–water partition coefficient (Wildman–Crippen LogP) is 5.99. The molecule has 1 N–H and O–H groups in total. The first-order valence-corrected chi connectivity index (χ1v) is 11.7. The molecule has 1 saturated heterocycles. The van der Waals surface area contributed by atoms with Crippen molar-refractivity contribution in [2.75, 3.05) is 24.2 Å². The molecule has 172 valence electrons. The Hall–Kier alpha value is -3.00. The lowest BCUT2D eigenvalue weighted by molar-refractivity contribution is -0.121. The van der Waals surface area contributed by atoms with Gasteiger partial charge in [0.15, 0.2) is 0 Å². The van der Waals surface area contributed by atoms with Crippen LogP contribution in [0.4, 0.5) is 18.9 Å². The van der Waals surface area contributed by atoms with E-state index >= 15 is 0 Å². The molecule has 0 saturated carbocycles. The fourth-order valence-corrected chi connectivity index (χ4v) is 4.79. The summed E-state index contributed by atoms with van der Waals surface area (Å²) in [6, 6.07) is 19.9. The Kier molecular flexibility index (Phi) is 6.93. The van der Waals surface area contributed by atoms with Crippen molar-refractivity contribution in [1.29, 1.82) is 0 Å². The molecule has 4 rings (SSSR count). The molecule has 0 atom stereocenters. The summed E-state index contributed by atoms with van der Waals surface area (Å²) in [5.41, 5.74) is 1.03. The maximum atomic E-state index is 13.1. The third-order valence-corrected chi connectivity index (χ3v) is 6.85. The molecule has 0 bridgehead atoms. The number of nitrogens with zero attached hydrogens (tertiary/aromatic N) is 1. The molecule has 3 aromatic rings. The minimum atomic E-state index is -4.29. The van der Waals surface area contributed by atoms with Gasteiger partial charge in [0.05, 0.1) is 11.4 Å². The molecule has 0 unspecified atom stereocenters. The number of hydrogen-bond acceptors (Lipinski definition) is 3. The summed E-state index contributed by atoms with van der Waals surface area (Å²) in [6.45, 7) is 0.898. The van der Waals surface area contributed by atoms with Gasteiger partial charge in [0.1, 0.15) is 0 Å². The van der Waals surface area contributed by atoms with E-state index in [1.54, 1.807) is 29.2 Å². The van der Waals surface area contributed by atoms with Gasteiger partial charge in [-0.2, -0.15) is 13.2 Å². The van der Waals surface area contributed by atoms with E-state index in [-0.39, 0.29) is 17.7 Å². The number of benzene rings is 3. The smallest absolute Gasteiger partial charge is 0.339 e. The van der Waals surface area contributed by atoms with Crippen LogP contribution >= 0.6 is 11.8 Å². The second-order valence-electron chi connectivity index (χ2n) is 7.98. The molecule has 1 aliphatic heterocycles. The number of para-hydroxylation sites is 1. The number of piperidine rings is 1. The molecule has 0 aliphatic carbocycles. The lowest BCUT2D eigenvalue weighted by Crippen LogP contribution is -2.41. The first-order chi connectivity index (χ1) is 15.8. The Labute approximate surface area is 194 Å². The molecule has 0 aromatic heterocycles. The van der Waals surface area contributed by atoms with Crippen LogP contribution in [0.15, 0.2) is 71.6 Å². The lowest BCUT2D eigenvalue weighted by atomic mass is 9.94. The molecule has 8 heteroatoms. The standard InChI is InChI=1S/C25H23F3N2O2S/c26-25(27,28)16-33-22-11-4-3-10-21(22)29-23(31)18-12-14-30(15-13-18)24(32)20-9-5-7-17-6-1-2-8-19(17)20/h1-11,18H,12-16H2,(H,29,31). The molecule has 2 amide bonds. The van der Waals surface area contributed by atoms with Crippen LogP contribution in [0.5, 0.6) is 0 Å². The van der Waals surface area contributed by atoms with Gasteiger partial charge in [-0.05, 0) is 41.8 Å². The highest BCUT2D eigenvalue weighted by molar-refractivity contribution is 7.99. The second-order valence-corrected chi connectivity index (χ2v) is 9.00. The zero-order valence-electron chi connectivity index (χ0n) is 17.8. The van der Waals surface area contributed by atoms with Gasteiger partial charge in [0.25, 0.3) is 5.91 Å². The number of amides is 2. The summed E-state index contributed by atoms with van der Waals surface area (Å²) < 4.78 is 37.8. The molecule has 1 fully saturated rings. The van der Waals surface area contributed by atoms with E-state index < -0.39 is 11.9 Å². The van der Waals surface area contributed by atoms with Gasteiger partial charge in [-0.3, -0.25) is 9.59 Å². The van der Waals surface area contributed by atoms with Crippen LogP contribution in [-0.2, 0) is 4.79 Å². The number of anilines is 1. The number of rotatable bonds is 5. The summed E-state index contributed by atoms with van der Waals surface area (Å²) >= 11 is 0.653. The van der Waals surface area contributed by atoms with Crippen LogP contribution in [0.1, 0.15) is 23.2 Å². The molecule has 1 heterocycles. The SMILES string of the molecule is O=C(Nc1ccccc1SCC(F)(F)F)C1CCN(C(=O)c2cccc3ccccc23)CC1. The van der Waals surface area contributed by atoms with Crippen molar-refractivity contribution in [3.05, 3.63) is 72.3 Å². The molecular weight excluding hydrogens is 449 g/mol. The zero-order chi connectivity index (χ0) is 23.4. The van der Waals surface area contributed by atoms with E-state index in [1.807, 2.05) is 42.5 Å². The zero-order valence-corrected chi connectivity index (χ0v) is 18.6. The summed E-state index contributed by atoms with van der Waals surface area (Å²) in [5.74, 6) is -1.61. The van der Waals surface area contributed by atoms with E-state index in [0.29, 0.717) is 53.8 Å². The molecular formula is C25H23F3N2O2S. The van der Waals surface area contributed by atoms with Crippen LogP contribution in [0.25, 0.3) is 10.8 Å². The average molecular weight is 473 g/mol. The highest BCUT2D eigenvalue weighted by Gasteiger charge is 2.30. The molecule has 1 aliphatic rings. The molecule has 0 spiro atoms. The number of fused-ring (bicyclic) bond motifs is 1. The lowest BCUT2D eigenvalue weighted by Gasteiger charge is -2.31. The minimum absolute atomic E-state index is 0.0560. The van der Waals surface area contributed by atoms with Crippen molar-refractivity contribution in [3.8, 4) is 0 Å². The monoisotopic (exact) mass is 472 g/mol. The number of hydrogen-bond donors (Lipinski definition) is 1. The van der Waals surface area contributed by atoms with Crippen molar-refractivity contribution in [3.63, 3.8) is 0 Å². The van der Waals surface area contributed by atoms with Crippen molar-refractivity contribution >= 4 is 40.0 Å². The molecule has 0 radical (unpaired) electrons. The van der Waals surface area contributed by atoms with E-state index in [2.05, 4.69) is 5.32 Å². The van der Waals surface area contributed by atoms with Gasteiger partial charge in [-0.15, -0.1) is 11.8 Å². The number of carbonyl (C=O) groups excluding carboxylic acids is 2. The van der Waals surface area contributed by atoms with Gasteiger partial charge < -0.3 is 10.2 Å². The third-order valence-electron chi connectivity index (χ3n) is 5.71. The van der Waals surface area contributed by atoms with E-state index in [4.69, 9.17) is 0 Å². The number of likely N-dealkylation sites (tertiary alicyclic amines) is 1. The third kappa shape index (κ3) is 5.68. The largest absolute Gasteiger partial charge is 0.398 e. The minimum Gasteiger partial charge on any atom is -0.339 e. The van der Waals surface area contributed by atoms with E-state index in [0.717, 1.165) is 10.8 Å². The van der Waals surface area contributed by atoms with Gasteiger partial charge >= 0.3 is 6.18 Å². The first-order valence-electron chi connectivity index (χ1n) is 10.7. The van der Waals surface area contributed by atoms with Crippen LogP contribution in [0.2, 0.25) is 0 Å². The predicted molar refractivity (Wildman–Crippen MR) is 124 cm³/mol. The fourth-order valence-electron chi connectivity index (χ4n) is 4.02. The van der Waals surface area contributed by atoms with E-state index in [1.165, 1.54) is 0 Å². The van der Waals surface area contributed by atoms with Crippen molar-refractivity contribution in [2.45, 2.75) is 23.9 Å². The van der Waals surface area contributed by atoms with Crippen molar-refractivity contribution in [2.24, 2.45) is 5.92 Å². The van der Waals surface area contributed by atoms with Crippen LogP contribution in [0, 0.1) is 5.92 Å². The summed E-state index contributed by atoms with van der Waals surface area (Å²) in [6.07, 6.45) is -3.29. The van der Waals surface area contributed by atoms with Crippen molar-refractivity contribution < 1.29 is 22.8 Å². The topological polar surface area (TPSA) is 49.4 Å². The quantitative estimate of drug-likeness (QED) is 0.465. The molecule has 4 nitrogen and oxygen atoms in total.